The van der Waals surface area contributed by atoms with Crippen molar-refractivity contribution in [3.63, 3.8) is 0 Å². The number of nitrogens with one attached hydrogen (secondary N) is 3. The molecular weight excluding hydrogens is 292 g/mol. The molecule has 0 saturated carbocycles. The van der Waals surface area contributed by atoms with Crippen molar-refractivity contribution in [2.24, 2.45) is 0 Å². The lowest BCUT2D eigenvalue weighted by atomic mass is 10.1. The fourth-order valence-electron chi connectivity index (χ4n) is 2.09. The fraction of sp³-hybridized carbons (Fsp3) is 0.615. The van der Waals surface area contributed by atoms with Crippen molar-refractivity contribution in [1.29, 1.82) is 0 Å². The van der Waals surface area contributed by atoms with Crippen LogP contribution < -0.4 is 16.0 Å². The van der Waals surface area contributed by atoms with Crippen LogP contribution in [0.2, 0.25) is 0 Å². The predicted octanol–water partition coefficient (Wildman–Crippen LogP) is 0.523. The summed E-state index contributed by atoms with van der Waals surface area (Å²) >= 11 is 1.28. The minimum atomic E-state index is -0.194. The molecule has 0 radical (unpaired) electrons. The van der Waals surface area contributed by atoms with Crippen LogP contribution in [0.25, 0.3) is 0 Å². The topological polar surface area (TPSA) is 96.3 Å². The largest absolute Gasteiger partial charge is 0.360 e. The Morgan fingerprint density at radius 3 is 2.95 bits per heavy atom. The Hall–Kier alpha value is -1.54. The lowest BCUT2D eigenvalue weighted by molar-refractivity contribution is -0.119. The number of piperidine rings is 1. The maximum Gasteiger partial charge on any atom is 0.235 e. The van der Waals surface area contributed by atoms with Crippen LogP contribution in [0.3, 0.4) is 0 Å². The van der Waals surface area contributed by atoms with Crippen molar-refractivity contribution in [2.75, 3.05) is 29.9 Å². The average Bonchev–Trinajstić information content (AvgIpc) is 2.85. The zero-order valence-corrected chi connectivity index (χ0v) is 12.8. The summed E-state index contributed by atoms with van der Waals surface area (Å²) in [5.74, 6) is 1.30. The number of hydrogen-bond acceptors (Lipinski definition) is 6. The molecule has 1 aliphatic rings. The van der Waals surface area contributed by atoms with E-state index in [0.717, 1.165) is 25.9 Å². The number of hydrogen-bond donors (Lipinski definition) is 3. The number of amides is 2. The third-order valence-electron chi connectivity index (χ3n) is 3.02. The molecule has 2 rings (SSSR count). The van der Waals surface area contributed by atoms with Gasteiger partial charge in [0.25, 0.3) is 0 Å². The third-order valence-corrected chi connectivity index (χ3v) is 3.96. The van der Waals surface area contributed by atoms with Crippen LogP contribution >= 0.6 is 11.8 Å². The summed E-state index contributed by atoms with van der Waals surface area (Å²) in [6, 6.07) is 1.85. The van der Waals surface area contributed by atoms with Crippen molar-refractivity contribution in [2.45, 2.75) is 25.8 Å². The number of nitrogens with zero attached hydrogens (tertiary/aromatic N) is 1. The summed E-state index contributed by atoms with van der Waals surface area (Å²) in [6.07, 6.45) is 2.09. The highest BCUT2D eigenvalue weighted by Crippen LogP contribution is 2.08. The number of aryl methyl sites for hydroxylation is 1. The minimum absolute atomic E-state index is 0.0289. The highest BCUT2D eigenvalue weighted by atomic mass is 32.2. The number of aromatic nitrogens is 1. The van der Waals surface area contributed by atoms with Crippen LogP contribution in [0.15, 0.2) is 10.6 Å². The first-order valence-corrected chi connectivity index (χ1v) is 8.10. The fourth-order valence-corrected chi connectivity index (χ4v) is 2.71. The highest BCUT2D eigenvalue weighted by Gasteiger charge is 2.15. The van der Waals surface area contributed by atoms with Crippen molar-refractivity contribution < 1.29 is 14.1 Å². The molecular formula is C13H20N4O3S. The number of carbonyl (C=O) groups is 2. The van der Waals surface area contributed by atoms with Crippen molar-refractivity contribution in [3.05, 3.63) is 11.8 Å². The van der Waals surface area contributed by atoms with Gasteiger partial charge in [0.2, 0.25) is 11.8 Å². The Balaban J connectivity index is 1.59. The molecule has 1 fully saturated rings. The van der Waals surface area contributed by atoms with Crippen LogP contribution in [0.4, 0.5) is 5.82 Å². The van der Waals surface area contributed by atoms with E-state index in [1.54, 1.807) is 13.0 Å². The van der Waals surface area contributed by atoms with Crippen LogP contribution in [0.1, 0.15) is 18.6 Å². The van der Waals surface area contributed by atoms with Crippen molar-refractivity contribution >= 4 is 29.4 Å². The second-order valence-corrected chi connectivity index (χ2v) is 5.96. The number of anilines is 1. The molecule has 1 aromatic heterocycles. The van der Waals surface area contributed by atoms with Gasteiger partial charge in [-0.05, 0) is 26.3 Å². The van der Waals surface area contributed by atoms with E-state index in [9.17, 15) is 9.59 Å². The van der Waals surface area contributed by atoms with E-state index in [2.05, 4.69) is 21.1 Å². The first-order chi connectivity index (χ1) is 10.1. The van der Waals surface area contributed by atoms with Gasteiger partial charge in [0.05, 0.1) is 11.5 Å². The Kier molecular flexibility index (Phi) is 6.06. The van der Waals surface area contributed by atoms with E-state index in [1.165, 1.54) is 11.8 Å². The maximum absolute atomic E-state index is 11.7. The van der Waals surface area contributed by atoms with Gasteiger partial charge in [0.1, 0.15) is 5.76 Å². The third kappa shape index (κ3) is 5.76. The summed E-state index contributed by atoms with van der Waals surface area (Å²) in [4.78, 5) is 23.4. The molecule has 0 aromatic carbocycles. The molecule has 1 aliphatic heterocycles. The van der Waals surface area contributed by atoms with Gasteiger partial charge in [-0.25, -0.2) is 0 Å². The molecule has 116 valence electrons. The lowest BCUT2D eigenvalue weighted by Crippen LogP contribution is -2.46. The summed E-state index contributed by atoms with van der Waals surface area (Å²) in [5.41, 5.74) is 0. The van der Waals surface area contributed by atoms with E-state index in [1.807, 2.05) is 0 Å². The standard InChI is InChI=1S/C13H20N4O3S/c1-9-5-11(17-20-9)16-13(19)8-21-7-12(18)15-10-3-2-4-14-6-10/h5,10,14H,2-4,6-8H2,1H3,(H,15,18)(H,16,17,19)/t10-/m0/s1. The molecule has 2 heterocycles. The molecule has 21 heavy (non-hydrogen) atoms. The van der Waals surface area contributed by atoms with Crippen LogP contribution in [0, 0.1) is 6.92 Å². The van der Waals surface area contributed by atoms with E-state index in [4.69, 9.17) is 4.52 Å². The Morgan fingerprint density at radius 1 is 1.48 bits per heavy atom. The summed E-state index contributed by atoms with van der Waals surface area (Å²) in [7, 11) is 0. The van der Waals surface area contributed by atoms with E-state index in [0.29, 0.717) is 11.6 Å². The zero-order chi connectivity index (χ0) is 15.1. The van der Waals surface area contributed by atoms with E-state index in [-0.39, 0.29) is 29.4 Å². The van der Waals surface area contributed by atoms with Gasteiger partial charge < -0.3 is 20.5 Å². The number of carbonyl (C=O) groups excluding carboxylic acids is 2. The number of rotatable bonds is 6. The lowest BCUT2D eigenvalue weighted by Gasteiger charge is -2.23. The van der Waals surface area contributed by atoms with Crippen LogP contribution in [-0.2, 0) is 9.59 Å². The summed E-state index contributed by atoms with van der Waals surface area (Å²) < 4.78 is 4.85. The Labute approximate surface area is 127 Å². The first-order valence-electron chi connectivity index (χ1n) is 6.94. The molecule has 7 nitrogen and oxygen atoms in total. The molecule has 1 saturated heterocycles. The quantitative estimate of drug-likeness (QED) is 0.709. The molecule has 1 aromatic rings. The van der Waals surface area contributed by atoms with Gasteiger partial charge in [0, 0.05) is 18.7 Å². The molecule has 2 amide bonds. The van der Waals surface area contributed by atoms with Crippen LogP contribution in [0.5, 0.6) is 0 Å². The predicted molar refractivity (Wildman–Crippen MR) is 81.2 cm³/mol. The molecule has 0 unspecified atom stereocenters. The average molecular weight is 312 g/mol. The van der Waals surface area contributed by atoms with Crippen molar-refractivity contribution in [3.8, 4) is 0 Å². The van der Waals surface area contributed by atoms with Gasteiger partial charge >= 0.3 is 0 Å². The second kappa shape index (κ2) is 8.04. The molecule has 0 spiro atoms. The van der Waals surface area contributed by atoms with Gasteiger partial charge in [0.15, 0.2) is 5.82 Å². The summed E-state index contributed by atoms with van der Waals surface area (Å²) in [5, 5.41) is 12.5. The van der Waals surface area contributed by atoms with Gasteiger partial charge in [-0.3, -0.25) is 9.59 Å². The number of thioether (sulfide) groups is 1. The maximum atomic E-state index is 11.7. The smallest absolute Gasteiger partial charge is 0.235 e. The SMILES string of the molecule is Cc1cc(NC(=O)CSCC(=O)N[C@H]2CCCNC2)no1. The molecule has 8 heteroatoms. The van der Waals surface area contributed by atoms with Crippen LogP contribution in [-0.4, -0.2) is 47.6 Å². The van der Waals surface area contributed by atoms with Crippen molar-refractivity contribution in [1.82, 2.24) is 15.8 Å². The van der Waals surface area contributed by atoms with E-state index >= 15 is 0 Å². The van der Waals surface area contributed by atoms with E-state index < -0.39 is 0 Å². The second-order valence-electron chi connectivity index (χ2n) is 4.97. The Morgan fingerprint density at radius 2 is 2.29 bits per heavy atom. The monoisotopic (exact) mass is 312 g/mol. The normalized spacial score (nSPS) is 18.2. The molecule has 0 aliphatic carbocycles. The van der Waals surface area contributed by atoms with Gasteiger partial charge in [-0.15, -0.1) is 11.8 Å². The van der Waals surface area contributed by atoms with Gasteiger partial charge in [-0.1, -0.05) is 5.16 Å². The molecule has 1 atom stereocenters. The molecule has 0 bridgehead atoms. The minimum Gasteiger partial charge on any atom is -0.360 e. The summed E-state index contributed by atoms with van der Waals surface area (Å²) in [6.45, 7) is 3.59. The zero-order valence-electron chi connectivity index (χ0n) is 12.0. The Bertz CT molecular complexity index is 486. The van der Waals surface area contributed by atoms with Gasteiger partial charge in [-0.2, -0.15) is 0 Å². The highest BCUT2D eigenvalue weighted by molar-refractivity contribution is 8.00. The first kappa shape index (κ1) is 15.8. The molecule has 3 N–H and O–H groups in total.